The van der Waals surface area contributed by atoms with Crippen molar-refractivity contribution in [1.82, 2.24) is 19.7 Å². The minimum atomic E-state index is -1.01. The van der Waals surface area contributed by atoms with Gasteiger partial charge < -0.3 is 10.4 Å². The number of carbonyl (C=O) groups is 1. The number of aromatic nitrogens is 4. The van der Waals surface area contributed by atoms with Crippen molar-refractivity contribution in [2.75, 3.05) is 5.32 Å². The summed E-state index contributed by atoms with van der Waals surface area (Å²) in [5, 5.41) is 16.1. The van der Waals surface area contributed by atoms with E-state index < -0.39 is 5.97 Å². The molecule has 0 amide bonds. The molecule has 2 heterocycles. The first-order chi connectivity index (χ1) is 8.56. The van der Waals surface area contributed by atoms with Crippen molar-refractivity contribution in [3.8, 4) is 0 Å². The number of pyridine rings is 1. The molecule has 18 heavy (non-hydrogen) atoms. The topological polar surface area (TPSA) is 92.9 Å². The summed E-state index contributed by atoms with van der Waals surface area (Å²) in [6.45, 7) is 2.13. The average Bonchev–Trinajstić information content (AvgIpc) is 2.72. The monoisotopic (exact) mass is 247 g/mol. The molecule has 2 N–H and O–H groups in total. The van der Waals surface area contributed by atoms with E-state index in [4.69, 9.17) is 5.11 Å². The van der Waals surface area contributed by atoms with Crippen LogP contribution >= 0.6 is 0 Å². The van der Waals surface area contributed by atoms with Crippen molar-refractivity contribution in [2.45, 2.75) is 13.5 Å². The molecule has 0 aliphatic heterocycles. The molecule has 2 rings (SSSR count). The molecular formula is C11H13N5O2. The van der Waals surface area contributed by atoms with E-state index in [0.717, 1.165) is 5.69 Å². The summed E-state index contributed by atoms with van der Waals surface area (Å²) < 4.78 is 1.58. The zero-order chi connectivity index (χ0) is 13.1. The first-order valence-electron chi connectivity index (χ1n) is 5.35. The van der Waals surface area contributed by atoms with Gasteiger partial charge in [-0.1, -0.05) is 0 Å². The predicted octanol–water partition coefficient (Wildman–Crippen LogP) is 0.829. The number of hydrogen-bond donors (Lipinski definition) is 2. The van der Waals surface area contributed by atoms with E-state index in [1.54, 1.807) is 31.0 Å². The van der Waals surface area contributed by atoms with E-state index in [0.29, 0.717) is 18.2 Å². The maximum absolute atomic E-state index is 11.0. The molecule has 0 spiro atoms. The highest BCUT2D eigenvalue weighted by atomic mass is 16.4. The zero-order valence-corrected chi connectivity index (χ0v) is 10.1. The Balaban J connectivity index is 2.17. The van der Waals surface area contributed by atoms with E-state index in [1.165, 1.54) is 6.07 Å². The minimum absolute atomic E-state index is 0.136. The van der Waals surface area contributed by atoms with Crippen LogP contribution in [-0.4, -0.2) is 30.8 Å². The first kappa shape index (κ1) is 12.0. The van der Waals surface area contributed by atoms with Gasteiger partial charge in [0.2, 0.25) is 0 Å². The van der Waals surface area contributed by atoms with Gasteiger partial charge in [0.25, 0.3) is 0 Å². The van der Waals surface area contributed by atoms with Gasteiger partial charge >= 0.3 is 5.97 Å². The Kier molecular flexibility index (Phi) is 3.22. The number of carboxylic acids is 1. The zero-order valence-electron chi connectivity index (χ0n) is 10.1. The molecule has 7 heteroatoms. The number of nitrogens with one attached hydrogen (secondary N) is 1. The standard InChI is InChI=1S/C11H13N5O2/c1-7-3-4-8(11(17)18)10(14-7)12-5-9-13-6-16(2)15-9/h3-4,6H,5H2,1-2H3,(H,12,14)(H,17,18). The normalized spacial score (nSPS) is 10.3. The molecule has 2 aromatic heterocycles. The van der Waals surface area contributed by atoms with E-state index in [2.05, 4.69) is 20.4 Å². The quantitative estimate of drug-likeness (QED) is 0.831. The Morgan fingerprint density at radius 2 is 2.28 bits per heavy atom. The fourth-order valence-corrected chi connectivity index (χ4v) is 1.49. The molecule has 0 saturated heterocycles. The molecule has 7 nitrogen and oxygen atoms in total. The van der Waals surface area contributed by atoms with Gasteiger partial charge in [0.1, 0.15) is 17.7 Å². The van der Waals surface area contributed by atoms with Crippen LogP contribution in [-0.2, 0) is 13.6 Å². The van der Waals surface area contributed by atoms with E-state index >= 15 is 0 Å². The van der Waals surface area contributed by atoms with Gasteiger partial charge in [0.15, 0.2) is 5.82 Å². The van der Waals surface area contributed by atoms with Crippen LogP contribution < -0.4 is 5.32 Å². The highest BCUT2D eigenvalue weighted by Gasteiger charge is 2.11. The molecule has 0 bridgehead atoms. The molecule has 0 atom stereocenters. The number of aromatic carboxylic acids is 1. The van der Waals surface area contributed by atoms with Crippen molar-refractivity contribution in [3.63, 3.8) is 0 Å². The Bertz CT molecular complexity index is 579. The fourth-order valence-electron chi connectivity index (χ4n) is 1.49. The summed E-state index contributed by atoms with van der Waals surface area (Å²) in [6, 6.07) is 3.19. The third-order valence-electron chi connectivity index (χ3n) is 2.33. The fraction of sp³-hybridized carbons (Fsp3) is 0.273. The molecule has 0 fully saturated rings. The van der Waals surface area contributed by atoms with Gasteiger partial charge in [-0.05, 0) is 19.1 Å². The van der Waals surface area contributed by atoms with Crippen LogP contribution in [0.3, 0.4) is 0 Å². The van der Waals surface area contributed by atoms with Gasteiger partial charge in [-0.2, -0.15) is 5.10 Å². The number of carboxylic acid groups (broad SMARTS) is 1. The molecule has 0 radical (unpaired) electrons. The second-order valence-corrected chi connectivity index (χ2v) is 3.84. The minimum Gasteiger partial charge on any atom is -0.478 e. The highest BCUT2D eigenvalue weighted by molar-refractivity contribution is 5.93. The summed E-state index contributed by atoms with van der Waals surface area (Å²) in [5.74, 6) is -0.105. The lowest BCUT2D eigenvalue weighted by atomic mass is 10.2. The predicted molar refractivity (Wildman–Crippen MR) is 64.3 cm³/mol. The first-order valence-corrected chi connectivity index (χ1v) is 5.35. The molecule has 0 unspecified atom stereocenters. The van der Waals surface area contributed by atoms with Crippen LogP contribution in [0.25, 0.3) is 0 Å². The second kappa shape index (κ2) is 4.82. The number of nitrogens with zero attached hydrogens (tertiary/aromatic N) is 4. The van der Waals surface area contributed by atoms with Gasteiger partial charge in [-0.3, -0.25) is 4.68 Å². The summed E-state index contributed by atoms with van der Waals surface area (Å²) >= 11 is 0. The largest absolute Gasteiger partial charge is 0.478 e. The van der Waals surface area contributed by atoms with Gasteiger partial charge in [-0.25, -0.2) is 14.8 Å². The van der Waals surface area contributed by atoms with E-state index in [9.17, 15) is 4.79 Å². The number of aryl methyl sites for hydroxylation is 2. The molecule has 2 aromatic rings. The summed E-state index contributed by atoms with van der Waals surface area (Å²) in [5.41, 5.74) is 0.882. The highest BCUT2D eigenvalue weighted by Crippen LogP contribution is 2.14. The smallest absolute Gasteiger partial charge is 0.339 e. The molecule has 0 aliphatic carbocycles. The third kappa shape index (κ3) is 2.62. The van der Waals surface area contributed by atoms with Crippen LogP contribution in [0, 0.1) is 6.92 Å². The number of anilines is 1. The Labute approximate surface area is 104 Å². The molecular weight excluding hydrogens is 234 g/mol. The van der Waals surface area contributed by atoms with Crippen LogP contribution in [0.1, 0.15) is 21.9 Å². The van der Waals surface area contributed by atoms with Gasteiger partial charge in [-0.15, -0.1) is 0 Å². The Hall–Kier alpha value is -2.44. The summed E-state index contributed by atoms with van der Waals surface area (Å²) in [4.78, 5) is 19.2. The maximum atomic E-state index is 11.0. The van der Waals surface area contributed by atoms with Crippen LogP contribution in [0.2, 0.25) is 0 Å². The molecule has 0 saturated carbocycles. The lowest BCUT2D eigenvalue weighted by molar-refractivity contribution is 0.0697. The second-order valence-electron chi connectivity index (χ2n) is 3.84. The third-order valence-corrected chi connectivity index (χ3v) is 2.33. The van der Waals surface area contributed by atoms with Gasteiger partial charge in [0.05, 0.1) is 6.54 Å². The Morgan fingerprint density at radius 3 is 2.89 bits per heavy atom. The van der Waals surface area contributed by atoms with Gasteiger partial charge in [0, 0.05) is 12.7 Å². The number of rotatable bonds is 4. The van der Waals surface area contributed by atoms with E-state index in [-0.39, 0.29) is 5.56 Å². The van der Waals surface area contributed by atoms with Crippen molar-refractivity contribution in [2.24, 2.45) is 7.05 Å². The SMILES string of the molecule is Cc1ccc(C(=O)O)c(NCc2ncn(C)n2)n1. The van der Waals surface area contributed by atoms with E-state index in [1.807, 2.05) is 0 Å². The van der Waals surface area contributed by atoms with Crippen molar-refractivity contribution < 1.29 is 9.90 Å². The van der Waals surface area contributed by atoms with Crippen molar-refractivity contribution >= 4 is 11.8 Å². The average molecular weight is 247 g/mol. The molecule has 94 valence electrons. The summed E-state index contributed by atoms with van der Waals surface area (Å²) in [7, 11) is 1.77. The molecule has 0 aromatic carbocycles. The lowest BCUT2D eigenvalue weighted by Gasteiger charge is -2.07. The lowest BCUT2D eigenvalue weighted by Crippen LogP contribution is -2.10. The van der Waals surface area contributed by atoms with Crippen LogP contribution in [0.4, 0.5) is 5.82 Å². The van der Waals surface area contributed by atoms with Crippen molar-refractivity contribution in [1.29, 1.82) is 0 Å². The molecule has 0 aliphatic rings. The van der Waals surface area contributed by atoms with Crippen LogP contribution in [0.5, 0.6) is 0 Å². The number of hydrogen-bond acceptors (Lipinski definition) is 5. The summed E-state index contributed by atoms with van der Waals surface area (Å²) in [6.07, 6.45) is 1.58. The Morgan fingerprint density at radius 1 is 1.50 bits per heavy atom. The van der Waals surface area contributed by atoms with Crippen molar-refractivity contribution in [3.05, 3.63) is 35.5 Å². The maximum Gasteiger partial charge on any atom is 0.339 e. The van der Waals surface area contributed by atoms with Crippen LogP contribution in [0.15, 0.2) is 18.5 Å².